The van der Waals surface area contributed by atoms with Crippen molar-refractivity contribution >= 4 is 27.5 Å². The number of nitrogens with zero attached hydrogens (tertiary/aromatic N) is 2. The smallest absolute Gasteiger partial charge is 0.231 e. The van der Waals surface area contributed by atoms with Gasteiger partial charge in [0.2, 0.25) is 5.91 Å². The van der Waals surface area contributed by atoms with Gasteiger partial charge in [-0.15, -0.1) is 0 Å². The summed E-state index contributed by atoms with van der Waals surface area (Å²) in [5, 5.41) is 0.827. The fraction of sp³-hybridized carbons (Fsp3) is 0.636. The van der Waals surface area contributed by atoms with Crippen LogP contribution in [-0.4, -0.2) is 26.5 Å². The number of rotatable bonds is 5. The lowest BCUT2D eigenvalue weighted by molar-refractivity contribution is 0.0899. The molecule has 0 spiro atoms. The third kappa shape index (κ3) is 3.56. The van der Waals surface area contributed by atoms with E-state index in [-0.39, 0.29) is 5.91 Å². The summed E-state index contributed by atoms with van der Waals surface area (Å²) >= 11 is 0. The molecule has 1 atom stereocenters. The lowest BCUT2D eigenvalue weighted by Gasteiger charge is -2.06. The van der Waals surface area contributed by atoms with Crippen LogP contribution >= 0.6 is 21.6 Å². The standard InChI is InChI=1S/C11H16N2OS2/c14-11(13-7-6-12-9-13)4-2-1-3-10-5-8-15-16-10/h6-7,9-10H,1-5,8H2/t10-/m1/s1. The zero-order valence-electron chi connectivity index (χ0n) is 9.17. The van der Waals surface area contributed by atoms with Crippen LogP contribution in [0.3, 0.4) is 0 Å². The van der Waals surface area contributed by atoms with E-state index in [0.29, 0.717) is 6.42 Å². The normalized spacial score (nSPS) is 20.1. The average Bonchev–Trinajstić information content (AvgIpc) is 2.96. The Balaban J connectivity index is 1.59. The predicted molar refractivity (Wildman–Crippen MR) is 69.8 cm³/mol. The summed E-state index contributed by atoms with van der Waals surface area (Å²) in [6, 6.07) is 0. The Morgan fingerprint density at radius 2 is 2.44 bits per heavy atom. The fourth-order valence-electron chi connectivity index (χ4n) is 1.75. The van der Waals surface area contributed by atoms with Gasteiger partial charge < -0.3 is 0 Å². The van der Waals surface area contributed by atoms with Crippen LogP contribution in [0.15, 0.2) is 18.7 Å². The first-order valence-electron chi connectivity index (χ1n) is 5.65. The van der Waals surface area contributed by atoms with Crippen molar-refractivity contribution < 1.29 is 4.79 Å². The van der Waals surface area contributed by atoms with Gasteiger partial charge in [0, 0.05) is 29.8 Å². The van der Waals surface area contributed by atoms with Gasteiger partial charge in [0.15, 0.2) is 0 Å². The maximum Gasteiger partial charge on any atom is 0.231 e. The van der Waals surface area contributed by atoms with Gasteiger partial charge in [0.25, 0.3) is 0 Å². The second kappa shape index (κ2) is 6.35. The third-order valence-electron chi connectivity index (χ3n) is 2.69. The van der Waals surface area contributed by atoms with Gasteiger partial charge in [-0.05, 0) is 19.3 Å². The van der Waals surface area contributed by atoms with Gasteiger partial charge in [0.1, 0.15) is 6.33 Å². The summed E-state index contributed by atoms with van der Waals surface area (Å²) in [6.45, 7) is 0. The number of hydrogen-bond acceptors (Lipinski definition) is 4. The van der Waals surface area contributed by atoms with Crippen LogP contribution in [0.5, 0.6) is 0 Å². The highest BCUT2D eigenvalue weighted by molar-refractivity contribution is 8.77. The Labute approximate surface area is 104 Å². The van der Waals surface area contributed by atoms with E-state index in [2.05, 4.69) is 4.98 Å². The topological polar surface area (TPSA) is 34.9 Å². The van der Waals surface area contributed by atoms with Gasteiger partial charge in [-0.2, -0.15) is 0 Å². The molecule has 1 saturated heterocycles. The monoisotopic (exact) mass is 256 g/mol. The van der Waals surface area contributed by atoms with Crippen LogP contribution in [0.2, 0.25) is 0 Å². The molecule has 1 aliphatic rings. The Hall–Kier alpha value is -0.420. The van der Waals surface area contributed by atoms with Crippen molar-refractivity contribution in [3.05, 3.63) is 18.7 Å². The summed E-state index contributed by atoms with van der Waals surface area (Å²) in [5.41, 5.74) is 0. The number of imidazole rings is 1. The van der Waals surface area contributed by atoms with Crippen LogP contribution in [0.4, 0.5) is 0 Å². The lowest BCUT2D eigenvalue weighted by atomic mass is 10.1. The summed E-state index contributed by atoms with van der Waals surface area (Å²) < 4.78 is 1.57. The minimum atomic E-state index is 0.158. The molecule has 2 rings (SSSR count). The number of unbranched alkanes of at least 4 members (excludes halogenated alkanes) is 1. The molecule has 2 heterocycles. The molecule has 16 heavy (non-hydrogen) atoms. The van der Waals surface area contributed by atoms with Crippen molar-refractivity contribution in [3.8, 4) is 0 Å². The first kappa shape index (κ1) is 12.0. The Kier molecular flexibility index (Phi) is 4.78. The van der Waals surface area contributed by atoms with Gasteiger partial charge >= 0.3 is 0 Å². The highest BCUT2D eigenvalue weighted by Gasteiger charge is 2.15. The Morgan fingerprint density at radius 1 is 1.50 bits per heavy atom. The predicted octanol–water partition coefficient (Wildman–Crippen LogP) is 3.24. The second-order valence-electron chi connectivity index (χ2n) is 3.94. The van der Waals surface area contributed by atoms with Crippen LogP contribution in [-0.2, 0) is 0 Å². The molecule has 0 saturated carbocycles. The van der Waals surface area contributed by atoms with Crippen molar-refractivity contribution in [2.75, 3.05) is 5.75 Å². The fourth-order valence-corrected chi connectivity index (χ4v) is 4.78. The minimum Gasteiger partial charge on any atom is -0.276 e. The highest BCUT2D eigenvalue weighted by atomic mass is 33.1. The summed E-state index contributed by atoms with van der Waals surface area (Å²) in [4.78, 5) is 15.5. The molecule has 1 fully saturated rings. The van der Waals surface area contributed by atoms with E-state index in [4.69, 9.17) is 0 Å². The van der Waals surface area contributed by atoms with Crippen LogP contribution in [0, 0.1) is 0 Å². The molecule has 0 radical (unpaired) electrons. The molecule has 88 valence electrons. The van der Waals surface area contributed by atoms with Crippen molar-refractivity contribution in [2.45, 2.75) is 37.4 Å². The van der Waals surface area contributed by atoms with E-state index in [9.17, 15) is 4.79 Å². The van der Waals surface area contributed by atoms with Crippen LogP contribution in [0.1, 0.15) is 36.9 Å². The van der Waals surface area contributed by atoms with Crippen molar-refractivity contribution in [3.63, 3.8) is 0 Å². The first-order valence-corrected chi connectivity index (χ1v) is 8.04. The highest BCUT2D eigenvalue weighted by Crippen LogP contribution is 2.39. The molecule has 0 N–H and O–H groups in total. The molecule has 1 aliphatic heterocycles. The van der Waals surface area contributed by atoms with Gasteiger partial charge in [-0.3, -0.25) is 9.36 Å². The van der Waals surface area contributed by atoms with E-state index in [1.54, 1.807) is 23.3 Å². The van der Waals surface area contributed by atoms with E-state index in [1.807, 2.05) is 21.6 Å². The maximum atomic E-state index is 11.6. The van der Waals surface area contributed by atoms with Crippen molar-refractivity contribution in [1.29, 1.82) is 0 Å². The molecular weight excluding hydrogens is 240 g/mol. The molecule has 1 aromatic rings. The van der Waals surface area contributed by atoms with E-state index in [1.165, 1.54) is 25.0 Å². The summed E-state index contributed by atoms with van der Waals surface area (Å²) in [5.74, 6) is 1.45. The second-order valence-corrected chi connectivity index (χ2v) is 6.73. The number of carbonyl (C=O) groups excluding carboxylic acids is 1. The minimum absolute atomic E-state index is 0.158. The molecule has 0 bridgehead atoms. The number of aromatic nitrogens is 2. The van der Waals surface area contributed by atoms with Crippen molar-refractivity contribution in [2.24, 2.45) is 0 Å². The van der Waals surface area contributed by atoms with E-state index < -0.39 is 0 Å². The molecule has 0 unspecified atom stereocenters. The molecule has 5 heteroatoms. The van der Waals surface area contributed by atoms with Crippen molar-refractivity contribution in [1.82, 2.24) is 9.55 Å². The van der Waals surface area contributed by atoms with E-state index >= 15 is 0 Å². The van der Waals surface area contributed by atoms with Gasteiger partial charge in [-0.25, -0.2) is 4.98 Å². The SMILES string of the molecule is O=C(CCCC[C@@H]1CCSS1)n1ccnc1. The quantitative estimate of drug-likeness (QED) is 0.598. The zero-order chi connectivity index (χ0) is 11.2. The summed E-state index contributed by atoms with van der Waals surface area (Å²) in [6.07, 6.45) is 10.3. The Bertz CT molecular complexity index is 321. The van der Waals surface area contributed by atoms with Crippen LogP contribution < -0.4 is 0 Å². The molecule has 1 aromatic heterocycles. The lowest BCUT2D eigenvalue weighted by Crippen LogP contribution is -2.08. The largest absolute Gasteiger partial charge is 0.276 e. The Morgan fingerprint density at radius 3 is 3.12 bits per heavy atom. The van der Waals surface area contributed by atoms with Gasteiger partial charge in [-0.1, -0.05) is 28.0 Å². The molecule has 0 aromatic carbocycles. The van der Waals surface area contributed by atoms with E-state index in [0.717, 1.165) is 11.7 Å². The first-order chi connectivity index (χ1) is 7.86. The number of hydrogen-bond donors (Lipinski definition) is 0. The zero-order valence-corrected chi connectivity index (χ0v) is 10.8. The average molecular weight is 256 g/mol. The third-order valence-corrected chi connectivity index (χ3v) is 5.69. The van der Waals surface area contributed by atoms with Gasteiger partial charge in [0.05, 0.1) is 0 Å². The number of carbonyl (C=O) groups is 1. The summed E-state index contributed by atoms with van der Waals surface area (Å²) in [7, 11) is 4.00. The molecule has 0 amide bonds. The van der Waals surface area contributed by atoms with Crippen LogP contribution in [0.25, 0.3) is 0 Å². The maximum absolute atomic E-state index is 11.6. The molecular formula is C11H16N2OS2. The molecule has 3 nitrogen and oxygen atoms in total. The molecule has 0 aliphatic carbocycles.